The summed E-state index contributed by atoms with van der Waals surface area (Å²) in [5.74, 6) is -1.46. The lowest BCUT2D eigenvalue weighted by molar-refractivity contribution is 0.0137. The molecule has 1 N–H and O–H groups in total. The summed E-state index contributed by atoms with van der Waals surface area (Å²) in [7, 11) is 3.13. The fourth-order valence-corrected chi connectivity index (χ4v) is 5.83. The Labute approximate surface area is 182 Å². The molecule has 3 atom stereocenters. The molecule has 0 aliphatic carbocycles. The highest BCUT2D eigenvalue weighted by atomic mass is 33.1. The third kappa shape index (κ3) is 5.80. The number of pyridine rings is 1. The molecule has 0 fully saturated rings. The number of benzene rings is 1. The van der Waals surface area contributed by atoms with Crippen LogP contribution in [0, 0.1) is 11.6 Å². The Bertz CT molecular complexity index is 930. The van der Waals surface area contributed by atoms with Crippen LogP contribution in [-0.4, -0.2) is 35.4 Å². The van der Waals surface area contributed by atoms with E-state index in [1.54, 1.807) is 23.2 Å². The van der Waals surface area contributed by atoms with Crippen molar-refractivity contribution in [1.82, 2.24) is 19.7 Å². The van der Waals surface area contributed by atoms with Crippen LogP contribution in [0.4, 0.5) is 8.78 Å². The lowest BCUT2D eigenvalue weighted by atomic mass is 9.90. The Hall–Kier alpha value is -1.97. The van der Waals surface area contributed by atoms with Gasteiger partial charge < -0.3 is 5.11 Å². The van der Waals surface area contributed by atoms with Crippen LogP contribution in [0.25, 0.3) is 0 Å². The van der Waals surface area contributed by atoms with Crippen molar-refractivity contribution in [1.29, 1.82) is 0 Å². The Morgan fingerprint density at radius 2 is 1.87 bits per heavy atom. The highest BCUT2D eigenvalue weighted by Gasteiger charge is 2.40. The number of rotatable bonds is 10. The SMILES string of the molecule is CC(CCc1ccncc1)SS[C@H](C)[C@](O)(Cn1cncn1)c1ccc(F)cc1F. The van der Waals surface area contributed by atoms with Gasteiger partial charge in [0.2, 0.25) is 0 Å². The molecule has 0 amide bonds. The highest BCUT2D eigenvalue weighted by molar-refractivity contribution is 8.77. The number of hydrogen-bond donors (Lipinski definition) is 1. The molecule has 2 aromatic heterocycles. The van der Waals surface area contributed by atoms with Crippen LogP contribution >= 0.6 is 21.6 Å². The van der Waals surface area contributed by atoms with Crippen molar-refractivity contribution < 1.29 is 13.9 Å². The third-order valence-electron chi connectivity index (χ3n) is 4.89. The summed E-state index contributed by atoms with van der Waals surface area (Å²) in [5, 5.41) is 15.5. The molecule has 0 aliphatic heterocycles. The lowest BCUT2D eigenvalue weighted by Crippen LogP contribution is -2.41. The number of aliphatic hydroxyl groups is 1. The first-order valence-corrected chi connectivity index (χ1v) is 11.9. The summed E-state index contributed by atoms with van der Waals surface area (Å²) >= 11 is 0. The summed E-state index contributed by atoms with van der Waals surface area (Å²) in [6.07, 6.45) is 8.28. The molecular weight excluding hydrogens is 426 g/mol. The van der Waals surface area contributed by atoms with Gasteiger partial charge in [-0.2, -0.15) is 5.10 Å². The lowest BCUT2D eigenvalue weighted by Gasteiger charge is -2.34. The van der Waals surface area contributed by atoms with Crippen molar-refractivity contribution in [3.63, 3.8) is 0 Å². The van der Waals surface area contributed by atoms with Gasteiger partial charge in [0, 0.05) is 34.5 Å². The summed E-state index contributed by atoms with van der Waals surface area (Å²) in [6.45, 7) is 3.98. The second-order valence-electron chi connectivity index (χ2n) is 7.18. The smallest absolute Gasteiger partial charge is 0.137 e. The Kier molecular flexibility index (Phi) is 7.85. The van der Waals surface area contributed by atoms with Crippen LogP contribution in [-0.2, 0) is 18.6 Å². The van der Waals surface area contributed by atoms with E-state index in [1.807, 2.05) is 19.1 Å². The average molecular weight is 451 g/mol. The van der Waals surface area contributed by atoms with E-state index in [-0.39, 0.29) is 12.1 Å². The molecular formula is C21H24F2N4OS2. The molecule has 0 spiro atoms. The van der Waals surface area contributed by atoms with Crippen molar-refractivity contribution in [2.24, 2.45) is 0 Å². The molecule has 0 aliphatic rings. The zero-order valence-corrected chi connectivity index (χ0v) is 18.4. The number of halogens is 2. The first-order valence-electron chi connectivity index (χ1n) is 9.60. The van der Waals surface area contributed by atoms with E-state index in [9.17, 15) is 13.9 Å². The van der Waals surface area contributed by atoms with Gasteiger partial charge in [-0.15, -0.1) is 0 Å². The second-order valence-corrected chi connectivity index (χ2v) is 10.2. The number of aryl methyl sites for hydroxylation is 1. The molecule has 0 radical (unpaired) electrons. The van der Waals surface area contributed by atoms with E-state index in [1.165, 1.54) is 39.8 Å². The van der Waals surface area contributed by atoms with Gasteiger partial charge in [0.1, 0.15) is 29.9 Å². The molecule has 0 bridgehead atoms. The van der Waals surface area contributed by atoms with E-state index < -0.39 is 22.5 Å². The number of hydrogen-bond acceptors (Lipinski definition) is 6. The van der Waals surface area contributed by atoms with E-state index in [4.69, 9.17) is 0 Å². The highest BCUT2D eigenvalue weighted by Crippen LogP contribution is 2.43. The van der Waals surface area contributed by atoms with Gasteiger partial charge in [0.25, 0.3) is 0 Å². The topological polar surface area (TPSA) is 63.8 Å². The summed E-state index contributed by atoms with van der Waals surface area (Å²) in [6, 6.07) is 7.26. The van der Waals surface area contributed by atoms with Crippen molar-refractivity contribution in [2.75, 3.05) is 0 Å². The van der Waals surface area contributed by atoms with E-state index in [0.717, 1.165) is 25.0 Å². The monoisotopic (exact) mass is 450 g/mol. The molecule has 9 heteroatoms. The largest absolute Gasteiger partial charge is 0.382 e. The fraction of sp³-hybridized carbons (Fsp3) is 0.381. The van der Waals surface area contributed by atoms with Crippen molar-refractivity contribution >= 4 is 21.6 Å². The van der Waals surface area contributed by atoms with E-state index in [2.05, 4.69) is 22.0 Å². The summed E-state index contributed by atoms with van der Waals surface area (Å²) in [4.78, 5) is 7.92. The molecule has 0 saturated heterocycles. The van der Waals surface area contributed by atoms with Crippen LogP contribution in [0.15, 0.2) is 55.4 Å². The van der Waals surface area contributed by atoms with Gasteiger partial charge in [0.15, 0.2) is 0 Å². The molecule has 160 valence electrons. The van der Waals surface area contributed by atoms with Gasteiger partial charge >= 0.3 is 0 Å². The maximum atomic E-state index is 14.6. The van der Waals surface area contributed by atoms with Crippen LogP contribution in [0.5, 0.6) is 0 Å². The summed E-state index contributed by atoms with van der Waals surface area (Å²) < 4.78 is 29.5. The van der Waals surface area contributed by atoms with Crippen LogP contribution in [0.1, 0.15) is 31.4 Å². The second kappa shape index (κ2) is 10.4. The molecule has 3 rings (SSSR count). The van der Waals surface area contributed by atoms with E-state index in [0.29, 0.717) is 5.25 Å². The maximum absolute atomic E-state index is 14.6. The predicted octanol–water partition coefficient (Wildman–Crippen LogP) is 4.63. The summed E-state index contributed by atoms with van der Waals surface area (Å²) in [5.41, 5.74) is -0.315. The van der Waals surface area contributed by atoms with Gasteiger partial charge in [-0.1, -0.05) is 34.6 Å². The quantitative estimate of drug-likeness (QED) is 0.455. The maximum Gasteiger partial charge on any atom is 0.137 e. The molecule has 0 saturated carbocycles. The minimum absolute atomic E-state index is 0.00960. The molecule has 3 aromatic rings. The first-order chi connectivity index (χ1) is 14.4. The molecule has 2 heterocycles. The zero-order valence-electron chi connectivity index (χ0n) is 16.8. The van der Waals surface area contributed by atoms with Crippen LogP contribution < -0.4 is 0 Å². The minimum Gasteiger partial charge on any atom is -0.382 e. The van der Waals surface area contributed by atoms with Gasteiger partial charge in [-0.3, -0.25) is 4.98 Å². The van der Waals surface area contributed by atoms with Crippen molar-refractivity contribution in [2.45, 2.75) is 49.3 Å². The fourth-order valence-electron chi connectivity index (χ4n) is 3.06. The van der Waals surface area contributed by atoms with E-state index >= 15 is 0 Å². The third-order valence-corrected chi connectivity index (χ3v) is 8.43. The van der Waals surface area contributed by atoms with Crippen LogP contribution in [0.2, 0.25) is 0 Å². The van der Waals surface area contributed by atoms with Gasteiger partial charge in [-0.25, -0.2) is 18.4 Å². The number of nitrogens with zero attached hydrogens (tertiary/aromatic N) is 4. The Morgan fingerprint density at radius 3 is 2.53 bits per heavy atom. The average Bonchev–Trinajstić information content (AvgIpc) is 3.23. The Morgan fingerprint density at radius 1 is 1.10 bits per heavy atom. The van der Waals surface area contributed by atoms with Crippen molar-refractivity contribution in [3.8, 4) is 0 Å². The predicted molar refractivity (Wildman–Crippen MR) is 117 cm³/mol. The Balaban J connectivity index is 1.69. The normalized spacial score (nSPS) is 15.5. The molecule has 1 aromatic carbocycles. The van der Waals surface area contributed by atoms with Crippen molar-refractivity contribution in [3.05, 3.63) is 78.1 Å². The molecule has 5 nitrogen and oxygen atoms in total. The minimum atomic E-state index is -1.59. The number of aromatic nitrogens is 4. The molecule has 1 unspecified atom stereocenters. The van der Waals surface area contributed by atoms with Crippen LogP contribution in [0.3, 0.4) is 0 Å². The first kappa shape index (κ1) is 22.7. The zero-order chi connectivity index (χ0) is 21.6. The van der Waals surface area contributed by atoms with Gasteiger partial charge in [-0.05, 0) is 43.5 Å². The standard InChI is InChI=1S/C21H24F2N4OS2/c1-15(3-4-17-7-9-24-10-8-17)29-30-16(2)21(28,12-27-14-25-13-26-27)19-6-5-18(22)11-20(19)23/h5-11,13-16,28H,3-4,12H2,1-2H3/t15?,16-,21-/m1/s1. The van der Waals surface area contributed by atoms with Gasteiger partial charge in [0.05, 0.1) is 6.54 Å². The molecule has 30 heavy (non-hydrogen) atoms.